The van der Waals surface area contributed by atoms with Crippen LogP contribution in [0.1, 0.15) is 34.3 Å². The molecule has 1 atom stereocenters. The van der Waals surface area contributed by atoms with Crippen LogP contribution < -0.4 is 5.32 Å². The van der Waals surface area contributed by atoms with Gasteiger partial charge in [-0.1, -0.05) is 17.2 Å². The van der Waals surface area contributed by atoms with E-state index in [2.05, 4.69) is 5.32 Å². The van der Waals surface area contributed by atoms with Crippen molar-refractivity contribution >= 4 is 17.8 Å². The predicted octanol–water partition coefficient (Wildman–Crippen LogP) is 1.35. The molecule has 0 aromatic heterocycles. The Labute approximate surface area is 116 Å². The van der Waals surface area contributed by atoms with Gasteiger partial charge in [0.1, 0.15) is 6.04 Å². The Morgan fingerprint density at radius 3 is 2.10 bits per heavy atom. The number of carboxylic acids is 2. The predicted molar refractivity (Wildman–Crippen MR) is 71.7 cm³/mol. The van der Waals surface area contributed by atoms with E-state index in [-0.39, 0.29) is 12.8 Å². The molecular formula is C14H17NO5. The molecule has 0 aliphatic rings. The Balaban J connectivity index is 2.79. The van der Waals surface area contributed by atoms with Crippen molar-refractivity contribution < 1.29 is 24.6 Å². The highest BCUT2D eigenvalue weighted by Gasteiger charge is 2.21. The fourth-order valence-electron chi connectivity index (χ4n) is 1.87. The summed E-state index contributed by atoms with van der Waals surface area (Å²) in [6, 6.07) is 3.99. The zero-order valence-corrected chi connectivity index (χ0v) is 11.3. The molecule has 0 saturated carbocycles. The molecule has 0 heterocycles. The van der Waals surface area contributed by atoms with Gasteiger partial charge in [-0.05, 0) is 32.4 Å². The van der Waals surface area contributed by atoms with Gasteiger partial charge >= 0.3 is 11.9 Å². The summed E-state index contributed by atoms with van der Waals surface area (Å²) in [4.78, 5) is 33.5. The molecule has 6 nitrogen and oxygen atoms in total. The minimum atomic E-state index is -1.25. The van der Waals surface area contributed by atoms with Crippen LogP contribution in [0.25, 0.3) is 0 Å². The Bertz CT molecular complexity index is 518. The lowest BCUT2D eigenvalue weighted by atomic mass is 10.1. The van der Waals surface area contributed by atoms with E-state index in [4.69, 9.17) is 10.2 Å². The second-order valence-electron chi connectivity index (χ2n) is 4.67. The van der Waals surface area contributed by atoms with Crippen molar-refractivity contribution in [3.8, 4) is 0 Å². The van der Waals surface area contributed by atoms with Crippen LogP contribution in [-0.4, -0.2) is 34.1 Å². The first-order valence-corrected chi connectivity index (χ1v) is 6.13. The van der Waals surface area contributed by atoms with Crippen LogP contribution in [-0.2, 0) is 9.59 Å². The van der Waals surface area contributed by atoms with Gasteiger partial charge in [0.05, 0.1) is 0 Å². The van der Waals surface area contributed by atoms with Crippen LogP contribution in [0.15, 0.2) is 18.2 Å². The summed E-state index contributed by atoms with van der Waals surface area (Å²) < 4.78 is 0. The van der Waals surface area contributed by atoms with Gasteiger partial charge in [0.25, 0.3) is 5.91 Å². The monoisotopic (exact) mass is 279 g/mol. The van der Waals surface area contributed by atoms with Gasteiger partial charge < -0.3 is 15.5 Å². The highest BCUT2D eigenvalue weighted by Crippen LogP contribution is 2.09. The molecular weight excluding hydrogens is 262 g/mol. The van der Waals surface area contributed by atoms with Crippen molar-refractivity contribution in [3.63, 3.8) is 0 Å². The summed E-state index contributed by atoms with van der Waals surface area (Å²) in [7, 11) is 0. The molecule has 0 fully saturated rings. The maximum Gasteiger partial charge on any atom is 0.326 e. The summed E-state index contributed by atoms with van der Waals surface area (Å²) in [5, 5.41) is 19.9. The second kappa shape index (κ2) is 6.70. The van der Waals surface area contributed by atoms with Gasteiger partial charge in [-0.2, -0.15) is 0 Å². The van der Waals surface area contributed by atoms with Gasteiger partial charge in [0.15, 0.2) is 0 Å². The first-order valence-electron chi connectivity index (χ1n) is 6.13. The normalized spacial score (nSPS) is 11.7. The van der Waals surface area contributed by atoms with E-state index in [1.807, 2.05) is 19.9 Å². The Morgan fingerprint density at radius 2 is 1.65 bits per heavy atom. The molecule has 1 aromatic carbocycles. The molecule has 0 radical (unpaired) electrons. The van der Waals surface area contributed by atoms with Crippen LogP contribution in [0.3, 0.4) is 0 Å². The molecule has 1 rings (SSSR count). The minimum Gasteiger partial charge on any atom is -0.481 e. The molecule has 0 aliphatic heterocycles. The van der Waals surface area contributed by atoms with Crippen LogP contribution >= 0.6 is 0 Å². The molecule has 1 amide bonds. The molecule has 0 unspecified atom stereocenters. The summed E-state index contributed by atoms with van der Waals surface area (Å²) in [6.07, 6.45) is -0.467. The number of carbonyl (C=O) groups is 3. The van der Waals surface area contributed by atoms with Gasteiger partial charge in [-0.15, -0.1) is 0 Å². The first-order chi connectivity index (χ1) is 9.29. The number of rotatable bonds is 6. The number of nitrogens with one attached hydrogen (secondary N) is 1. The van der Waals surface area contributed by atoms with E-state index >= 15 is 0 Å². The number of hydrogen-bond donors (Lipinski definition) is 3. The van der Waals surface area contributed by atoms with Crippen molar-refractivity contribution in [1.29, 1.82) is 0 Å². The van der Waals surface area contributed by atoms with Gasteiger partial charge in [0, 0.05) is 12.0 Å². The van der Waals surface area contributed by atoms with Crippen LogP contribution in [0.4, 0.5) is 0 Å². The molecule has 108 valence electrons. The van der Waals surface area contributed by atoms with Gasteiger partial charge in [0.2, 0.25) is 0 Å². The number of benzene rings is 1. The van der Waals surface area contributed by atoms with Crippen molar-refractivity contribution in [2.24, 2.45) is 0 Å². The lowest BCUT2D eigenvalue weighted by Gasteiger charge is -2.14. The maximum absolute atomic E-state index is 12.0. The Morgan fingerprint density at radius 1 is 1.10 bits per heavy atom. The van der Waals surface area contributed by atoms with E-state index in [1.165, 1.54) is 0 Å². The number of carbonyl (C=O) groups excluding carboxylic acids is 1. The Hall–Kier alpha value is -2.37. The lowest BCUT2D eigenvalue weighted by Crippen LogP contribution is -2.41. The summed E-state index contributed by atoms with van der Waals surface area (Å²) >= 11 is 0. The molecule has 0 spiro atoms. The van der Waals surface area contributed by atoms with Gasteiger partial charge in [-0.25, -0.2) is 4.79 Å². The number of carboxylic acid groups (broad SMARTS) is 2. The maximum atomic E-state index is 12.0. The molecule has 1 aromatic rings. The number of hydrogen-bond acceptors (Lipinski definition) is 3. The summed E-state index contributed by atoms with van der Waals surface area (Å²) in [6.45, 7) is 3.67. The lowest BCUT2D eigenvalue weighted by molar-refractivity contribution is -0.140. The zero-order valence-electron chi connectivity index (χ0n) is 11.3. The Kier molecular flexibility index (Phi) is 5.25. The van der Waals surface area contributed by atoms with Crippen molar-refractivity contribution in [2.45, 2.75) is 32.7 Å². The van der Waals surface area contributed by atoms with Crippen molar-refractivity contribution in [3.05, 3.63) is 34.9 Å². The van der Waals surface area contributed by atoms with Gasteiger partial charge in [-0.3, -0.25) is 9.59 Å². The molecule has 0 saturated heterocycles. The topological polar surface area (TPSA) is 104 Å². The van der Waals surface area contributed by atoms with E-state index in [0.29, 0.717) is 5.56 Å². The van der Waals surface area contributed by atoms with E-state index in [0.717, 1.165) is 11.1 Å². The summed E-state index contributed by atoms with van der Waals surface area (Å²) in [5.41, 5.74) is 2.16. The number of aryl methyl sites for hydroxylation is 2. The fourth-order valence-corrected chi connectivity index (χ4v) is 1.87. The molecule has 3 N–H and O–H groups in total. The first kappa shape index (κ1) is 15.7. The summed E-state index contributed by atoms with van der Waals surface area (Å²) in [5.74, 6) is -2.87. The smallest absolute Gasteiger partial charge is 0.326 e. The van der Waals surface area contributed by atoms with Crippen LogP contribution in [0, 0.1) is 13.8 Å². The molecule has 0 bridgehead atoms. The minimum absolute atomic E-state index is 0.152. The molecule has 0 aliphatic carbocycles. The number of amides is 1. The van der Waals surface area contributed by atoms with Crippen molar-refractivity contribution in [1.82, 2.24) is 5.32 Å². The average molecular weight is 279 g/mol. The molecule has 20 heavy (non-hydrogen) atoms. The fraction of sp³-hybridized carbons (Fsp3) is 0.357. The average Bonchev–Trinajstić information content (AvgIpc) is 2.32. The van der Waals surface area contributed by atoms with Crippen molar-refractivity contribution in [2.75, 3.05) is 0 Å². The third-order valence-electron chi connectivity index (χ3n) is 2.73. The number of aliphatic carboxylic acids is 2. The largest absolute Gasteiger partial charge is 0.481 e. The second-order valence-corrected chi connectivity index (χ2v) is 4.67. The highest BCUT2D eigenvalue weighted by molar-refractivity contribution is 5.97. The third kappa shape index (κ3) is 4.72. The van der Waals surface area contributed by atoms with E-state index in [1.54, 1.807) is 12.1 Å². The van der Waals surface area contributed by atoms with E-state index < -0.39 is 23.9 Å². The van der Waals surface area contributed by atoms with E-state index in [9.17, 15) is 14.4 Å². The quantitative estimate of drug-likeness (QED) is 0.729. The highest BCUT2D eigenvalue weighted by atomic mass is 16.4. The standard InChI is InChI=1S/C14H17NO5/c1-8-5-9(2)7-10(6-8)13(18)15-11(14(19)20)3-4-12(16)17/h5-7,11H,3-4H2,1-2H3,(H,15,18)(H,16,17)(H,19,20)/t11-/m1/s1. The third-order valence-corrected chi connectivity index (χ3v) is 2.73. The van der Waals surface area contributed by atoms with Crippen LogP contribution in [0.2, 0.25) is 0 Å². The molecule has 6 heteroatoms. The SMILES string of the molecule is Cc1cc(C)cc(C(=O)N[C@H](CCC(=O)O)C(=O)O)c1. The zero-order chi connectivity index (χ0) is 15.3. The van der Waals surface area contributed by atoms with Crippen LogP contribution in [0.5, 0.6) is 0 Å².